The van der Waals surface area contributed by atoms with E-state index < -0.39 is 5.76 Å². The van der Waals surface area contributed by atoms with Crippen molar-refractivity contribution in [2.75, 3.05) is 0 Å². The molecular formula is C17H14ClN5O2. The quantitative estimate of drug-likeness (QED) is 0.564. The third-order valence-electron chi connectivity index (χ3n) is 3.93. The summed E-state index contributed by atoms with van der Waals surface area (Å²) >= 11 is 6.22. The predicted molar refractivity (Wildman–Crippen MR) is 92.8 cm³/mol. The molecule has 0 saturated carbocycles. The summed E-state index contributed by atoms with van der Waals surface area (Å²) in [5.41, 5.74) is 3.22. The van der Waals surface area contributed by atoms with Gasteiger partial charge in [0.25, 0.3) is 0 Å². The van der Waals surface area contributed by atoms with Crippen molar-refractivity contribution >= 4 is 17.4 Å². The molecule has 8 heteroatoms. The van der Waals surface area contributed by atoms with E-state index in [0.717, 1.165) is 11.4 Å². The highest BCUT2D eigenvalue weighted by atomic mass is 35.5. The maximum atomic E-state index is 12.1. The summed E-state index contributed by atoms with van der Waals surface area (Å²) in [6, 6.07) is 9.13. The van der Waals surface area contributed by atoms with Gasteiger partial charge in [-0.05, 0) is 32.0 Å². The van der Waals surface area contributed by atoms with Crippen LogP contribution in [0.15, 0.2) is 45.8 Å². The van der Waals surface area contributed by atoms with Gasteiger partial charge in [-0.2, -0.15) is 0 Å². The van der Waals surface area contributed by atoms with Crippen molar-refractivity contribution in [1.29, 1.82) is 0 Å². The Morgan fingerprint density at radius 2 is 2.00 bits per heavy atom. The summed E-state index contributed by atoms with van der Waals surface area (Å²) in [5, 5.41) is 4.36. The van der Waals surface area contributed by atoms with Crippen LogP contribution in [-0.4, -0.2) is 24.1 Å². The van der Waals surface area contributed by atoms with Gasteiger partial charge in [0.2, 0.25) is 5.78 Å². The van der Waals surface area contributed by atoms with E-state index in [1.807, 2.05) is 42.6 Å². The molecule has 0 atom stereocenters. The second kappa shape index (κ2) is 5.86. The average molecular weight is 356 g/mol. The lowest BCUT2D eigenvalue weighted by Crippen LogP contribution is -2.16. The second-order valence-corrected chi connectivity index (χ2v) is 6.19. The number of hydrogen-bond acceptors (Lipinski definition) is 5. The number of fused-ring (bicyclic) bond motifs is 1. The number of benzene rings is 1. The van der Waals surface area contributed by atoms with E-state index in [1.165, 1.54) is 4.57 Å². The number of aromatic nitrogens is 5. The Kier molecular flexibility index (Phi) is 3.65. The summed E-state index contributed by atoms with van der Waals surface area (Å²) in [6.45, 7) is 4.11. The average Bonchev–Trinajstić information content (AvgIpc) is 3.13. The zero-order chi connectivity index (χ0) is 17.6. The number of nitrogens with zero attached hydrogens (tertiary/aromatic N) is 5. The molecule has 1 aromatic carbocycles. The molecule has 0 aliphatic carbocycles. The molecule has 0 unspecified atom stereocenters. The fourth-order valence-corrected chi connectivity index (χ4v) is 3.02. The van der Waals surface area contributed by atoms with Crippen LogP contribution in [0.5, 0.6) is 0 Å². The van der Waals surface area contributed by atoms with Crippen LogP contribution in [-0.2, 0) is 6.54 Å². The molecule has 0 saturated heterocycles. The Morgan fingerprint density at radius 1 is 1.20 bits per heavy atom. The fraction of sp³-hybridized carbons (Fsp3) is 0.176. The minimum absolute atomic E-state index is 0.213. The van der Waals surface area contributed by atoms with Gasteiger partial charge in [0.05, 0.1) is 17.3 Å². The molecule has 126 valence electrons. The molecule has 25 heavy (non-hydrogen) atoms. The number of halogens is 1. The largest absolute Gasteiger partial charge is 0.442 e. The molecule has 0 radical (unpaired) electrons. The van der Waals surface area contributed by atoms with Crippen LogP contribution < -0.4 is 5.76 Å². The first kappa shape index (κ1) is 15.6. The molecule has 0 amide bonds. The van der Waals surface area contributed by atoms with Crippen LogP contribution in [0.25, 0.3) is 17.2 Å². The van der Waals surface area contributed by atoms with Gasteiger partial charge in [0.15, 0.2) is 5.82 Å². The Morgan fingerprint density at radius 3 is 2.80 bits per heavy atom. The third kappa shape index (κ3) is 2.72. The molecule has 0 aliphatic rings. The zero-order valence-electron chi connectivity index (χ0n) is 13.6. The predicted octanol–water partition coefficient (Wildman–Crippen LogP) is 2.86. The van der Waals surface area contributed by atoms with E-state index in [2.05, 4.69) is 15.1 Å². The Balaban J connectivity index is 1.80. The summed E-state index contributed by atoms with van der Waals surface area (Å²) in [7, 11) is 0. The van der Waals surface area contributed by atoms with Gasteiger partial charge in [-0.15, -0.1) is 0 Å². The highest BCUT2D eigenvalue weighted by Gasteiger charge is 2.17. The molecule has 0 N–H and O–H groups in total. The van der Waals surface area contributed by atoms with Crippen molar-refractivity contribution in [3.05, 3.63) is 69.2 Å². The smallest absolute Gasteiger partial charge is 0.295 e. The molecule has 4 rings (SSSR count). The van der Waals surface area contributed by atoms with E-state index in [1.54, 1.807) is 12.1 Å². The molecule has 0 aliphatic heterocycles. The summed E-state index contributed by atoms with van der Waals surface area (Å²) in [5.74, 6) is 0.401. The van der Waals surface area contributed by atoms with Gasteiger partial charge >= 0.3 is 5.76 Å². The zero-order valence-corrected chi connectivity index (χ0v) is 14.4. The highest BCUT2D eigenvalue weighted by molar-refractivity contribution is 6.33. The molecule has 0 fully saturated rings. The lowest BCUT2D eigenvalue weighted by molar-refractivity contribution is 0.378. The molecule has 0 spiro atoms. The van der Waals surface area contributed by atoms with Gasteiger partial charge in [0, 0.05) is 23.1 Å². The molecular weight excluding hydrogens is 342 g/mol. The van der Waals surface area contributed by atoms with Crippen LogP contribution in [0.1, 0.15) is 17.1 Å². The summed E-state index contributed by atoms with van der Waals surface area (Å²) in [6.07, 6.45) is 1.85. The molecule has 0 bridgehead atoms. The van der Waals surface area contributed by atoms with E-state index in [-0.39, 0.29) is 6.54 Å². The van der Waals surface area contributed by atoms with Gasteiger partial charge in [-0.25, -0.2) is 14.8 Å². The minimum atomic E-state index is -0.562. The highest BCUT2D eigenvalue weighted by Crippen LogP contribution is 2.25. The number of imidazole rings is 1. The molecule has 3 aromatic heterocycles. The van der Waals surface area contributed by atoms with Gasteiger partial charge < -0.3 is 0 Å². The van der Waals surface area contributed by atoms with E-state index in [4.69, 9.17) is 16.1 Å². The summed E-state index contributed by atoms with van der Waals surface area (Å²) in [4.78, 5) is 21.0. The van der Waals surface area contributed by atoms with E-state index in [0.29, 0.717) is 27.9 Å². The third-order valence-corrected chi connectivity index (χ3v) is 4.26. The van der Waals surface area contributed by atoms with Crippen LogP contribution >= 0.6 is 11.6 Å². The van der Waals surface area contributed by atoms with Crippen molar-refractivity contribution in [3.63, 3.8) is 0 Å². The van der Waals surface area contributed by atoms with E-state index in [9.17, 15) is 4.79 Å². The fourth-order valence-electron chi connectivity index (χ4n) is 2.80. The second-order valence-electron chi connectivity index (χ2n) is 5.78. The standard InChI is InChI=1S/C17H14ClN5O2/c1-10-7-11(2)22-8-12(20-16(22)19-10)9-23-15(21-25-17(23)24)13-5-3-4-6-14(13)18/h3-8H,9H2,1-2H3. The first-order chi connectivity index (χ1) is 12.0. The topological polar surface area (TPSA) is 78.2 Å². The van der Waals surface area contributed by atoms with Crippen molar-refractivity contribution in [3.8, 4) is 11.4 Å². The minimum Gasteiger partial charge on any atom is -0.295 e. The van der Waals surface area contributed by atoms with Crippen molar-refractivity contribution in [2.24, 2.45) is 0 Å². The molecule has 4 aromatic rings. The summed E-state index contributed by atoms with van der Waals surface area (Å²) < 4.78 is 8.14. The SMILES string of the molecule is Cc1cc(C)n2cc(Cn3c(-c4ccccc4Cl)noc3=O)nc2n1. The Labute approximate surface area is 147 Å². The lowest BCUT2D eigenvalue weighted by atomic mass is 10.2. The van der Waals surface area contributed by atoms with Crippen molar-refractivity contribution in [1.82, 2.24) is 24.1 Å². The first-order valence-electron chi connectivity index (χ1n) is 7.66. The van der Waals surface area contributed by atoms with Crippen LogP contribution in [0.4, 0.5) is 0 Å². The van der Waals surface area contributed by atoms with Crippen LogP contribution in [0.2, 0.25) is 5.02 Å². The molecule has 7 nitrogen and oxygen atoms in total. The maximum Gasteiger partial charge on any atom is 0.442 e. The van der Waals surface area contributed by atoms with Crippen molar-refractivity contribution < 1.29 is 4.52 Å². The number of aryl methyl sites for hydroxylation is 2. The van der Waals surface area contributed by atoms with Gasteiger partial charge in [-0.1, -0.05) is 28.9 Å². The monoisotopic (exact) mass is 355 g/mol. The maximum absolute atomic E-state index is 12.1. The Bertz CT molecular complexity index is 1140. The van der Waals surface area contributed by atoms with Crippen LogP contribution in [0, 0.1) is 13.8 Å². The molecule has 3 heterocycles. The Hall–Kier alpha value is -2.93. The first-order valence-corrected chi connectivity index (χ1v) is 8.04. The lowest BCUT2D eigenvalue weighted by Gasteiger charge is -2.04. The normalized spacial score (nSPS) is 11.3. The van der Waals surface area contributed by atoms with Gasteiger partial charge in [-0.3, -0.25) is 13.5 Å². The number of hydrogen-bond donors (Lipinski definition) is 0. The van der Waals surface area contributed by atoms with E-state index >= 15 is 0 Å². The van der Waals surface area contributed by atoms with Gasteiger partial charge in [0.1, 0.15) is 0 Å². The van der Waals surface area contributed by atoms with Crippen molar-refractivity contribution in [2.45, 2.75) is 20.4 Å². The van der Waals surface area contributed by atoms with Crippen LogP contribution in [0.3, 0.4) is 0 Å². The number of rotatable bonds is 3.